The molecule has 1 unspecified atom stereocenters. The Morgan fingerprint density at radius 3 is 2.88 bits per heavy atom. The standard InChI is InChI=1S/C18H23N3O3S/c1-20-10-8-19-18(20)25-12-17(22)21-9-4-5-15(21)14-11-13(23-2)6-7-16(14)24-3/h6-8,10-11,15H,4-5,9,12H2,1-3H3. The number of hydrogen-bond acceptors (Lipinski definition) is 5. The highest BCUT2D eigenvalue weighted by atomic mass is 32.2. The highest BCUT2D eigenvalue weighted by molar-refractivity contribution is 7.99. The Kier molecular flexibility index (Phi) is 5.53. The molecular weight excluding hydrogens is 338 g/mol. The first-order chi connectivity index (χ1) is 12.1. The molecule has 134 valence electrons. The van der Waals surface area contributed by atoms with Crippen molar-refractivity contribution >= 4 is 17.7 Å². The molecule has 1 atom stereocenters. The van der Waals surface area contributed by atoms with Gasteiger partial charge in [-0.1, -0.05) is 11.8 Å². The van der Waals surface area contributed by atoms with Crippen LogP contribution in [0.3, 0.4) is 0 Å². The summed E-state index contributed by atoms with van der Waals surface area (Å²) in [6, 6.07) is 5.78. The summed E-state index contributed by atoms with van der Waals surface area (Å²) >= 11 is 1.47. The normalized spacial score (nSPS) is 16.9. The number of nitrogens with zero attached hydrogens (tertiary/aromatic N) is 3. The van der Waals surface area contributed by atoms with Gasteiger partial charge in [-0.15, -0.1) is 0 Å². The van der Waals surface area contributed by atoms with Crippen LogP contribution in [0.2, 0.25) is 0 Å². The molecule has 1 aromatic heterocycles. The predicted molar refractivity (Wildman–Crippen MR) is 97.2 cm³/mol. The number of methoxy groups -OCH3 is 2. The van der Waals surface area contributed by atoms with Crippen molar-refractivity contribution in [3.63, 3.8) is 0 Å². The van der Waals surface area contributed by atoms with Crippen LogP contribution in [0.1, 0.15) is 24.4 Å². The van der Waals surface area contributed by atoms with Crippen LogP contribution in [0.15, 0.2) is 35.7 Å². The summed E-state index contributed by atoms with van der Waals surface area (Å²) in [5.41, 5.74) is 1.01. The second-order valence-corrected chi connectivity index (χ2v) is 6.90. The van der Waals surface area contributed by atoms with Gasteiger partial charge in [0.05, 0.1) is 26.0 Å². The molecule has 0 radical (unpaired) electrons. The van der Waals surface area contributed by atoms with E-state index in [0.29, 0.717) is 5.75 Å². The Morgan fingerprint density at radius 2 is 2.20 bits per heavy atom. The number of aryl methyl sites for hydroxylation is 1. The molecule has 0 saturated carbocycles. The van der Waals surface area contributed by atoms with Gasteiger partial charge in [0.2, 0.25) is 5.91 Å². The lowest BCUT2D eigenvalue weighted by atomic mass is 10.0. The van der Waals surface area contributed by atoms with Gasteiger partial charge in [-0.05, 0) is 31.0 Å². The molecule has 0 bridgehead atoms. The minimum absolute atomic E-state index is 0.0273. The predicted octanol–water partition coefficient (Wildman–Crippen LogP) is 2.89. The fourth-order valence-corrected chi connectivity index (χ4v) is 4.01. The van der Waals surface area contributed by atoms with Crippen molar-refractivity contribution < 1.29 is 14.3 Å². The summed E-state index contributed by atoms with van der Waals surface area (Å²) < 4.78 is 12.8. The third kappa shape index (κ3) is 3.76. The summed E-state index contributed by atoms with van der Waals surface area (Å²) in [6.45, 7) is 0.769. The summed E-state index contributed by atoms with van der Waals surface area (Å²) in [5.74, 6) is 2.08. The quantitative estimate of drug-likeness (QED) is 0.741. The van der Waals surface area contributed by atoms with Gasteiger partial charge in [-0.2, -0.15) is 0 Å². The Labute approximate surface area is 152 Å². The highest BCUT2D eigenvalue weighted by Crippen LogP contribution is 2.39. The van der Waals surface area contributed by atoms with E-state index in [1.165, 1.54) is 11.8 Å². The third-order valence-corrected chi connectivity index (χ3v) is 5.51. The van der Waals surface area contributed by atoms with Crippen molar-refractivity contribution in [3.8, 4) is 11.5 Å². The second kappa shape index (κ2) is 7.82. The van der Waals surface area contributed by atoms with E-state index in [4.69, 9.17) is 9.47 Å². The van der Waals surface area contributed by atoms with Crippen LogP contribution < -0.4 is 9.47 Å². The van der Waals surface area contributed by atoms with Gasteiger partial charge >= 0.3 is 0 Å². The summed E-state index contributed by atoms with van der Waals surface area (Å²) in [6.07, 6.45) is 5.55. The highest BCUT2D eigenvalue weighted by Gasteiger charge is 2.32. The number of amides is 1. The summed E-state index contributed by atoms with van der Waals surface area (Å²) in [5, 5.41) is 0.850. The molecule has 25 heavy (non-hydrogen) atoms. The van der Waals surface area contributed by atoms with Crippen molar-refractivity contribution in [3.05, 3.63) is 36.2 Å². The molecule has 1 fully saturated rings. The number of rotatable bonds is 6. The number of carbonyl (C=O) groups excluding carboxylic acids is 1. The van der Waals surface area contributed by atoms with Crippen LogP contribution in [0.25, 0.3) is 0 Å². The van der Waals surface area contributed by atoms with Crippen LogP contribution in [0.5, 0.6) is 11.5 Å². The molecule has 2 heterocycles. The fraction of sp³-hybridized carbons (Fsp3) is 0.444. The Morgan fingerprint density at radius 1 is 1.36 bits per heavy atom. The molecular formula is C18H23N3O3S. The van der Waals surface area contributed by atoms with E-state index >= 15 is 0 Å². The van der Waals surface area contributed by atoms with Gasteiger partial charge in [-0.3, -0.25) is 4.79 Å². The SMILES string of the molecule is COc1ccc(OC)c(C2CCCN2C(=O)CSc2nccn2C)c1. The first-order valence-electron chi connectivity index (χ1n) is 8.25. The maximum absolute atomic E-state index is 12.8. The first-order valence-corrected chi connectivity index (χ1v) is 9.24. The molecule has 1 saturated heterocycles. The van der Waals surface area contributed by atoms with Crippen LogP contribution in [0.4, 0.5) is 0 Å². The van der Waals surface area contributed by atoms with Crippen molar-refractivity contribution in [1.29, 1.82) is 0 Å². The van der Waals surface area contributed by atoms with Crippen LogP contribution >= 0.6 is 11.8 Å². The van der Waals surface area contributed by atoms with Crippen molar-refractivity contribution in [2.24, 2.45) is 7.05 Å². The topological polar surface area (TPSA) is 56.6 Å². The van der Waals surface area contributed by atoms with E-state index in [0.717, 1.165) is 41.6 Å². The van der Waals surface area contributed by atoms with Crippen molar-refractivity contribution in [2.75, 3.05) is 26.5 Å². The average molecular weight is 361 g/mol. The average Bonchev–Trinajstić information content (AvgIpc) is 3.28. The number of likely N-dealkylation sites (tertiary alicyclic amines) is 1. The number of carbonyl (C=O) groups is 1. The van der Waals surface area contributed by atoms with E-state index in [-0.39, 0.29) is 11.9 Å². The molecule has 7 heteroatoms. The maximum Gasteiger partial charge on any atom is 0.233 e. The lowest BCUT2D eigenvalue weighted by Crippen LogP contribution is -2.32. The second-order valence-electron chi connectivity index (χ2n) is 5.96. The number of thioether (sulfide) groups is 1. The number of ether oxygens (including phenoxy) is 2. The summed E-state index contributed by atoms with van der Waals surface area (Å²) in [4.78, 5) is 19.0. The van der Waals surface area contributed by atoms with E-state index in [2.05, 4.69) is 4.98 Å². The van der Waals surface area contributed by atoms with Gasteiger partial charge in [0, 0.05) is 31.5 Å². The smallest absolute Gasteiger partial charge is 0.233 e. The Hall–Kier alpha value is -2.15. The maximum atomic E-state index is 12.8. The molecule has 0 N–H and O–H groups in total. The first kappa shape index (κ1) is 17.7. The zero-order chi connectivity index (χ0) is 17.8. The van der Waals surface area contributed by atoms with E-state index in [1.807, 2.05) is 40.9 Å². The zero-order valence-corrected chi connectivity index (χ0v) is 15.6. The largest absolute Gasteiger partial charge is 0.497 e. The minimum Gasteiger partial charge on any atom is -0.497 e. The number of aromatic nitrogens is 2. The lowest BCUT2D eigenvalue weighted by Gasteiger charge is -2.26. The monoisotopic (exact) mass is 361 g/mol. The van der Waals surface area contributed by atoms with Crippen molar-refractivity contribution in [2.45, 2.75) is 24.0 Å². The zero-order valence-electron chi connectivity index (χ0n) is 14.8. The molecule has 1 aliphatic heterocycles. The molecule has 0 aliphatic carbocycles. The summed E-state index contributed by atoms with van der Waals surface area (Å²) in [7, 11) is 5.23. The Balaban J connectivity index is 1.76. The molecule has 6 nitrogen and oxygen atoms in total. The van der Waals surface area contributed by atoms with E-state index in [1.54, 1.807) is 20.4 Å². The van der Waals surface area contributed by atoms with Crippen LogP contribution in [-0.4, -0.2) is 46.9 Å². The third-order valence-electron chi connectivity index (χ3n) is 4.47. The molecule has 1 aliphatic rings. The van der Waals surface area contributed by atoms with E-state index < -0.39 is 0 Å². The number of hydrogen-bond donors (Lipinski definition) is 0. The van der Waals surface area contributed by atoms with Gasteiger partial charge in [0.1, 0.15) is 11.5 Å². The van der Waals surface area contributed by atoms with Gasteiger partial charge in [-0.25, -0.2) is 4.98 Å². The molecule has 1 amide bonds. The van der Waals surface area contributed by atoms with Crippen LogP contribution in [0, 0.1) is 0 Å². The van der Waals surface area contributed by atoms with Crippen LogP contribution in [-0.2, 0) is 11.8 Å². The number of imidazole rings is 1. The molecule has 3 rings (SSSR count). The van der Waals surface area contributed by atoms with Gasteiger partial charge in [0.15, 0.2) is 5.16 Å². The molecule has 0 spiro atoms. The number of benzene rings is 1. The van der Waals surface area contributed by atoms with Gasteiger partial charge < -0.3 is 18.9 Å². The van der Waals surface area contributed by atoms with E-state index in [9.17, 15) is 4.79 Å². The fourth-order valence-electron chi connectivity index (χ4n) is 3.19. The Bertz CT molecular complexity index is 747. The molecule has 1 aromatic carbocycles. The lowest BCUT2D eigenvalue weighted by molar-refractivity contribution is -0.129. The van der Waals surface area contributed by atoms with Crippen molar-refractivity contribution in [1.82, 2.24) is 14.5 Å². The van der Waals surface area contributed by atoms with Gasteiger partial charge in [0.25, 0.3) is 0 Å². The molecule has 2 aromatic rings. The minimum atomic E-state index is 0.0273.